The van der Waals surface area contributed by atoms with Crippen LogP contribution in [0.5, 0.6) is 0 Å². The predicted molar refractivity (Wildman–Crippen MR) is 76.4 cm³/mol. The van der Waals surface area contributed by atoms with Crippen LogP contribution < -0.4 is 5.32 Å². The lowest BCUT2D eigenvalue weighted by molar-refractivity contribution is 0.0926. The van der Waals surface area contributed by atoms with Gasteiger partial charge in [-0.25, -0.2) is 4.98 Å². The lowest BCUT2D eigenvalue weighted by Crippen LogP contribution is -2.30. The molecular weight excluding hydrogens is 274 g/mol. The van der Waals surface area contributed by atoms with Crippen molar-refractivity contribution in [1.29, 1.82) is 0 Å². The number of carbonyl (C=O) groups excluding carboxylic acids is 1. The summed E-state index contributed by atoms with van der Waals surface area (Å²) in [6.45, 7) is 0. The summed E-state index contributed by atoms with van der Waals surface area (Å²) in [7, 11) is 0. The van der Waals surface area contributed by atoms with Gasteiger partial charge in [-0.1, -0.05) is 23.7 Å². The van der Waals surface area contributed by atoms with Crippen molar-refractivity contribution in [3.8, 4) is 0 Å². The van der Waals surface area contributed by atoms with Crippen LogP contribution in [0.2, 0.25) is 5.02 Å². The van der Waals surface area contributed by atoms with Crippen molar-refractivity contribution >= 4 is 17.5 Å². The number of aromatic nitrogens is 2. The number of nitrogens with zero attached hydrogens (tertiary/aromatic N) is 2. The van der Waals surface area contributed by atoms with Gasteiger partial charge in [-0.15, -0.1) is 0 Å². The first kappa shape index (κ1) is 13.1. The molecule has 2 aromatic rings. The Morgan fingerprint density at radius 3 is 2.60 bits per heavy atom. The maximum Gasteiger partial charge on any atom is 0.271 e. The van der Waals surface area contributed by atoms with Gasteiger partial charge in [-0.05, 0) is 36.5 Å². The topological polar surface area (TPSA) is 54.9 Å². The number of hydrogen-bond acceptors (Lipinski definition) is 3. The molecule has 102 valence electrons. The van der Waals surface area contributed by atoms with Crippen molar-refractivity contribution in [2.24, 2.45) is 5.92 Å². The van der Waals surface area contributed by atoms with Gasteiger partial charge in [0.05, 0.1) is 12.2 Å². The smallest absolute Gasteiger partial charge is 0.271 e. The Kier molecular flexibility index (Phi) is 3.65. The highest BCUT2D eigenvalue weighted by molar-refractivity contribution is 6.30. The molecule has 1 aliphatic carbocycles. The van der Waals surface area contributed by atoms with E-state index in [1.54, 1.807) is 6.20 Å². The van der Waals surface area contributed by atoms with Gasteiger partial charge in [0, 0.05) is 17.4 Å². The lowest BCUT2D eigenvalue weighted by atomic mass is 10.0. The molecule has 20 heavy (non-hydrogen) atoms. The molecule has 3 rings (SSSR count). The third-order valence-corrected chi connectivity index (χ3v) is 3.66. The normalized spacial score (nSPS) is 15.7. The molecule has 1 aromatic carbocycles. The second-order valence-electron chi connectivity index (χ2n) is 4.93. The third-order valence-electron chi connectivity index (χ3n) is 3.40. The fourth-order valence-electron chi connectivity index (χ4n) is 2.20. The molecule has 1 N–H and O–H groups in total. The van der Waals surface area contributed by atoms with E-state index in [2.05, 4.69) is 15.3 Å². The van der Waals surface area contributed by atoms with Gasteiger partial charge < -0.3 is 5.32 Å². The fraction of sp³-hybridized carbons (Fsp3) is 0.267. The Bertz CT molecular complexity index is 596. The van der Waals surface area contributed by atoms with E-state index in [0.717, 1.165) is 18.4 Å². The number of carbonyl (C=O) groups is 1. The van der Waals surface area contributed by atoms with Gasteiger partial charge in [0.2, 0.25) is 0 Å². The number of amides is 1. The van der Waals surface area contributed by atoms with E-state index in [4.69, 9.17) is 11.6 Å². The molecule has 1 aromatic heterocycles. The minimum absolute atomic E-state index is 0.0155. The number of hydrogen-bond donors (Lipinski definition) is 1. The molecular formula is C15H14ClN3O. The van der Waals surface area contributed by atoms with Crippen molar-refractivity contribution in [2.45, 2.75) is 18.9 Å². The van der Waals surface area contributed by atoms with Crippen LogP contribution in [-0.2, 0) is 0 Å². The predicted octanol–water partition coefficient (Wildman–Crippen LogP) is 3.01. The second-order valence-corrected chi connectivity index (χ2v) is 5.37. The van der Waals surface area contributed by atoms with Crippen LogP contribution in [0.1, 0.15) is 34.9 Å². The molecule has 1 saturated carbocycles. The number of benzene rings is 1. The standard InChI is InChI=1S/C15H14ClN3O/c16-12-5-3-11(4-6-12)14(10-1-2-10)19-15(20)13-9-17-7-8-18-13/h3-10,14H,1-2H2,(H,19,20)/t14-/m0/s1. The zero-order valence-electron chi connectivity index (χ0n) is 10.8. The summed E-state index contributed by atoms with van der Waals surface area (Å²) in [5, 5.41) is 3.74. The minimum atomic E-state index is -0.190. The van der Waals surface area contributed by atoms with Gasteiger partial charge in [0.1, 0.15) is 5.69 Å². The molecule has 0 bridgehead atoms. The SMILES string of the molecule is O=C(N[C@H](c1ccc(Cl)cc1)C1CC1)c1cnccn1. The molecule has 1 heterocycles. The number of rotatable bonds is 4. The number of nitrogens with one attached hydrogen (secondary N) is 1. The quantitative estimate of drug-likeness (QED) is 0.940. The van der Waals surface area contributed by atoms with Gasteiger partial charge in [-0.3, -0.25) is 9.78 Å². The largest absolute Gasteiger partial charge is 0.344 e. The average Bonchev–Trinajstić information content (AvgIpc) is 3.31. The Morgan fingerprint density at radius 2 is 2.00 bits per heavy atom. The molecule has 0 aliphatic heterocycles. The minimum Gasteiger partial charge on any atom is -0.344 e. The van der Waals surface area contributed by atoms with E-state index in [1.807, 2.05) is 24.3 Å². The monoisotopic (exact) mass is 287 g/mol. The van der Waals surface area contributed by atoms with E-state index in [1.165, 1.54) is 12.4 Å². The van der Waals surface area contributed by atoms with Crippen LogP contribution in [0.15, 0.2) is 42.9 Å². The van der Waals surface area contributed by atoms with Gasteiger partial charge in [0.15, 0.2) is 0 Å². The summed E-state index contributed by atoms with van der Waals surface area (Å²) in [4.78, 5) is 20.1. The summed E-state index contributed by atoms with van der Waals surface area (Å²) in [5.41, 5.74) is 1.42. The molecule has 1 aliphatic rings. The van der Waals surface area contributed by atoms with Crippen LogP contribution in [0.25, 0.3) is 0 Å². The zero-order chi connectivity index (χ0) is 13.9. The molecule has 1 amide bonds. The maximum absolute atomic E-state index is 12.2. The van der Waals surface area contributed by atoms with E-state index < -0.39 is 0 Å². The summed E-state index contributed by atoms with van der Waals surface area (Å²) < 4.78 is 0. The third kappa shape index (κ3) is 2.96. The Labute approximate surface area is 122 Å². The van der Waals surface area contributed by atoms with E-state index in [-0.39, 0.29) is 11.9 Å². The molecule has 1 fully saturated rings. The highest BCUT2D eigenvalue weighted by Gasteiger charge is 2.33. The Balaban J connectivity index is 1.78. The first-order chi connectivity index (χ1) is 9.74. The molecule has 0 saturated heterocycles. The van der Waals surface area contributed by atoms with Gasteiger partial charge in [-0.2, -0.15) is 0 Å². The molecule has 0 unspecified atom stereocenters. The summed E-state index contributed by atoms with van der Waals surface area (Å²) in [6.07, 6.45) is 6.81. The summed E-state index contributed by atoms with van der Waals surface area (Å²) in [5.74, 6) is 0.307. The van der Waals surface area contributed by atoms with Gasteiger partial charge in [0.25, 0.3) is 5.91 Å². The van der Waals surface area contributed by atoms with Crippen LogP contribution in [-0.4, -0.2) is 15.9 Å². The van der Waals surface area contributed by atoms with Crippen molar-refractivity contribution in [3.05, 3.63) is 59.1 Å². The first-order valence-corrected chi connectivity index (χ1v) is 6.94. The average molecular weight is 288 g/mol. The van der Waals surface area contributed by atoms with E-state index >= 15 is 0 Å². The fourth-order valence-corrected chi connectivity index (χ4v) is 2.33. The zero-order valence-corrected chi connectivity index (χ0v) is 11.5. The van der Waals surface area contributed by atoms with Crippen molar-refractivity contribution in [3.63, 3.8) is 0 Å². The molecule has 5 heteroatoms. The number of halogens is 1. The van der Waals surface area contributed by atoms with Gasteiger partial charge >= 0.3 is 0 Å². The van der Waals surface area contributed by atoms with E-state index in [9.17, 15) is 4.79 Å². The van der Waals surface area contributed by atoms with Crippen LogP contribution in [0.4, 0.5) is 0 Å². The highest BCUT2D eigenvalue weighted by Crippen LogP contribution is 2.41. The maximum atomic E-state index is 12.2. The Hall–Kier alpha value is -1.94. The van der Waals surface area contributed by atoms with Crippen LogP contribution >= 0.6 is 11.6 Å². The van der Waals surface area contributed by atoms with Crippen LogP contribution in [0.3, 0.4) is 0 Å². The van der Waals surface area contributed by atoms with Crippen molar-refractivity contribution in [1.82, 2.24) is 15.3 Å². The summed E-state index contributed by atoms with van der Waals surface area (Å²) >= 11 is 5.91. The molecule has 0 spiro atoms. The summed E-state index contributed by atoms with van der Waals surface area (Å²) in [6, 6.07) is 7.63. The van der Waals surface area contributed by atoms with Crippen molar-refractivity contribution < 1.29 is 4.79 Å². The lowest BCUT2D eigenvalue weighted by Gasteiger charge is -2.18. The molecule has 1 atom stereocenters. The first-order valence-electron chi connectivity index (χ1n) is 6.56. The Morgan fingerprint density at radius 1 is 1.25 bits per heavy atom. The molecule has 0 radical (unpaired) electrons. The van der Waals surface area contributed by atoms with Crippen LogP contribution in [0, 0.1) is 5.92 Å². The van der Waals surface area contributed by atoms with E-state index in [0.29, 0.717) is 16.6 Å². The van der Waals surface area contributed by atoms with Crippen molar-refractivity contribution in [2.75, 3.05) is 0 Å². The molecule has 4 nitrogen and oxygen atoms in total. The highest BCUT2D eigenvalue weighted by atomic mass is 35.5. The second kappa shape index (κ2) is 5.59.